The molecule has 0 radical (unpaired) electrons. The molecule has 0 saturated carbocycles. The van der Waals surface area contributed by atoms with Gasteiger partial charge < -0.3 is 14.0 Å². The number of hydrogen-bond donors (Lipinski definition) is 0. The lowest BCUT2D eigenvalue weighted by molar-refractivity contribution is -0.143. The van der Waals surface area contributed by atoms with Crippen LogP contribution in [0, 0.1) is 6.92 Å². The fraction of sp³-hybridized carbons (Fsp3) is 0.250. The van der Waals surface area contributed by atoms with Gasteiger partial charge in [0.05, 0.1) is 16.8 Å². The predicted octanol–water partition coefficient (Wildman–Crippen LogP) is 4.39. The fourth-order valence-corrected chi connectivity index (χ4v) is 4.08. The Balaban J connectivity index is 1.93. The van der Waals surface area contributed by atoms with Gasteiger partial charge in [-0.1, -0.05) is 34.5 Å². The van der Waals surface area contributed by atoms with E-state index in [1.54, 1.807) is 41.8 Å². The molecular formula is C20H18Cl2N2O4S. The molecule has 2 aromatic carbocycles. The summed E-state index contributed by atoms with van der Waals surface area (Å²) in [7, 11) is 0. The molecule has 0 N–H and O–H groups in total. The van der Waals surface area contributed by atoms with Crippen LogP contribution in [-0.2, 0) is 20.9 Å². The molecule has 1 aromatic heterocycles. The van der Waals surface area contributed by atoms with Gasteiger partial charge in [0, 0.05) is 10.0 Å². The Morgan fingerprint density at radius 2 is 1.86 bits per heavy atom. The number of halogens is 2. The molecular weight excluding hydrogens is 435 g/mol. The van der Waals surface area contributed by atoms with Gasteiger partial charge in [-0.3, -0.25) is 9.59 Å². The van der Waals surface area contributed by atoms with Crippen molar-refractivity contribution in [2.75, 3.05) is 13.2 Å². The first-order valence-electron chi connectivity index (χ1n) is 8.79. The van der Waals surface area contributed by atoms with Gasteiger partial charge >= 0.3 is 5.97 Å². The van der Waals surface area contributed by atoms with Crippen molar-refractivity contribution in [3.63, 3.8) is 0 Å². The molecule has 3 aromatic rings. The summed E-state index contributed by atoms with van der Waals surface area (Å²) >= 11 is 13.4. The number of hydrogen-bond acceptors (Lipinski definition) is 5. The van der Waals surface area contributed by atoms with Crippen molar-refractivity contribution >= 4 is 56.6 Å². The Morgan fingerprint density at radius 3 is 2.55 bits per heavy atom. The van der Waals surface area contributed by atoms with Gasteiger partial charge in [-0.05, 0) is 55.8 Å². The first-order chi connectivity index (χ1) is 13.9. The summed E-state index contributed by atoms with van der Waals surface area (Å²) in [5.74, 6) is -0.387. The number of aromatic nitrogens is 1. The van der Waals surface area contributed by atoms with Crippen LogP contribution in [0.15, 0.2) is 41.4 Å². The summed E-state index contributed by atoms with van der Waals surface area (Å²) in [5.41, 5.74) is 1.55. The Bertz CT molecular complexity index is 1120. The van der Waals surface area contributed by atoms with E-state index in [0.29, 0.717) is 20.6 Å². The molecule has 0 spiro atoms. The summed E-state index contributed by atoms with van der Waals surface area (Å²) in [6.07, 6.45) is 0. The average Bonchev–Trinajstić information content (AvgIpc) is 3.02. The fourth-order valence-electron chi connectivity index (χ4n) is 2.70. The first kappa shape index (κ1) is 21.4. The van der Waals surface area contributed by atoms with Crippen LogP contribution in [0.4, 0.5) is 0 Å². The lowest BCUT2D eigenvalue weighted by Crippen LogP contribution is -2.24. The summed E-state index contributed by atoms with van der Waals surface area (Å²) in [6, 6.07) is 10.3. The third-order valence-electron chi connectivity index (χ3n) is 4.02. The number of aryl methyl sites for hydroxylation is 1. The molecule has 0 aliphatic rings. The van der Waals surface area contributed by atoms with Crippen molar-refractivity contribution in [1.82, 2.24) is 4.57 Å². The number of esters is 1. The van der Waals surface area contributed by atoms with Crippen molar-refractivity contribution in [3.05, 3.63) is 56.8 Å². The molecule has 0 aliphatic heterocycles. The minimum Gasteiger partial charge on any atom is -0.484 e. The van der Waals surface area contributed by atoms with E-state index >= 15 is 0 Å². The number of ether oxygens (including phenoxy) is 2. The van der Waals surface area contributed by atoms with E-state index in [9.17, 15) is 9.59 Å². The summed E-state index contributed by atoms with van der Waals surface area (Å²) < 4.78 is 13.0. The minimum atomic E-state index is -0.479. The van der Waals surface area contributed by atoms with Crippen LogP contribution in [0.5, 0.6) is 5.75 Å². The molecule has 0 bridgehead atoms. The molecule has 1 amide bonds. The molecule has 0 saturated heterocycles. The van der Waals surface area contributed by atoms with Crippen LogP contribution >= 0.6 is 34.5 Å². The van der Waals surface area contributed by atoms with Crippen molar-refractivity contribution in [2.24, 2.45) is 4.99 Å². The third-order valence-corrected chi connectivity index (χ3v) is 5.72. The normalized spacial score (nSPS) is 11.7. The molecule has 3 rings (SSSR count). The maximum Gasteiger partial charge on any atom is 0.326 e. The summed E-state index contributed by atoms with van der Waals surface area (Å²) in [4.78, 5) is 29.0. The van der Waals surface area contributed by atoms with E-state index in [1.807, 2.05) is 13.0 Å². The van der Waals surface area contributed by atoms with E-state index < -0.39 is 11.9 Å². The van der Waals surface area contributed by atoms with E-state index in [2.05, 4.69) is 4.99 Å². The van der Waals surface area contributed by atoms with Crippen molar-refractivity contribution in [3.8, 4) is 5.75 Å². The molecule has 152 valence electrons. The van der Waals surface area contributed by atoms with Gasteiger partial charge in [0.2, 0.25) is 0 Å². The van der Waals surface area contributed by atoms with Gasteiger partial charge in [-0.15, -0.1) is 0 Å². The van der Waals surface area contributed by atoms with E-state index in [-0.39, 0.29) is 19.8 Å². The first-order valence-corrected chi connectivity index (χ1v) is 10.4. The molecule has 1 heterocycles. The van der Waals surface area contributed by atoms with Crippen LogP contribution in [-0.4, -0.2) is 29.7 Å². The topological polar surface area (TPSA) is 69.9 Å². The minimum absolute atomic E-state index is 0.0703. The second kappa shape index (κ2) is 9.43. The molecule has 0 unspecified atom stereocenters. The standard InChI is InChI=1S/C20H18Cl2N2O4S/c1-3-27-18(26)10-24-19-12(2)15(22)8-9-16(19)29-20(24)23-17(25)11-28-14-6-4-13(21)5-7-14/h4-9H,3,10-11H2,1-2H3. The third kappa shape index (κ3) is 5.18. The Labute approximate surface area is 181 Å². The Kier molecular flexibility index (Phi) is 6.95. The average molecular weight is 453 g/mol. The molecule has 0 aliphatic carbocycles. The SMILES string of the molecule is CCOC(=O)Cn1c(=NC(=O)COc2ccc(Cl)cc2)sc2ccc(Cl)c(C)c21. The highest BCUT2D eigenvalue weighted by Crippen LogP contribution is 2.27. The number of rotatable bonds is 6. The number of carbonyl (C=O) groups excluding carboxylic acids is 2. The monoisotopic (exact) mass is 452 g/mol. The highest BCUT2D eigenvalue weighted by Gasteiger charge is 2.15. The molecule has 6 nitrogen and oxygen atoms in total. The quantitative estimate of drug-likeness (QED) is 0.520. The van der Waals surface area contributed by atoms with Crippen LogP contribution in [0.2, 0.25) is 10.0 Å². The Morgan fingerprint density at radius 1 is 1.14 bits per heavy atom. The van der Waals surface area contributed by atoms with Gasteiger partial charge in [0.1, 0.15) is 12.3 Å². The van der Waals surface area contributed by atoms with Crippen LogP contribution in [0.3, 0.4) is 0 Å². The molecule has 29 heavy (non-hydrogen) atoms. The van der Waals surface area contributed by atoms with Gasteiger partial charge in [0.15, 0.2) is 11.4 Å². The second-order valence-corrected chi connectivity index (χ2v) is 7.90. The largest absolute Gasteiger partial charge is 0.484 e. The molecule has 9 heteroatoms. The van der Waals surface area contributed by atoms with Gasteiger partial charge in [-0.25, -0.2) is 0 Å². The zero-order valence-electron chi connectivity index (χ0n) is 15.8. The zero-order valence-corrected chi connectivity index (χ0v) is 18.1. The highest BCUT2D eigenvalue weighted by molar-refractivity contribution is 7.16. The van der Waals surface area contributed by atoms with Crippen molar-refractivity contribution in [2.45, 2.75) is 20.4 Å². The summed E-state index contributed by atoms with van der Waals surface area (Å²) in [6.45, 7) is 3.54. The van der Waals surface area contributed by atoms with Gasteiger partial charge in [-0.2, -0.15) is 4.99 Å². The maximum absolute atomic E-state index is 12.4. The lowest BCUT2D eigenvalue weighted by Gasteiger charge is -2.08. The summed E-state index contributed by atoms with van der Waals surface area (Å²) in [5, 5.41) is 1.14. The maximum atomic E-state index is 12.4. The van der Waals surface area contributed by atoms with E-state index in [0.717, 1.165) is 15.8 Å². The number of fused-ring (bicyclic) bond motifs is 1. The number of nitrogens with zero attached hydrogens (tertiary/aromatic N) is 2. The zero-order chi connectivity index (χ0) is 21.0. The van der Waals surface area contributed by atoms with Crippen LogP contribution in [0.25, 0.3) is 10.2 Å². The Hall–Kier alpha value is -2.35. The van der Waals surface area contributed by atoms with Crippen LogP contribution < -0.4 is 9.54 Å². The highest BCUT2D eigenvalue weighted by atomic mass is 35.5. The second-order valence-electron chi connectivity index (χ2n) is 6.04. The van der Waals surface area contributed by atoms with E-state index in [1.165, 1.54) is 11.3 Å². The molecule has 0 atom stereocenters. The smallest absolute Gasteiger partial charge is 0.326 e. The predicted molar refractivity (Wildman–Crippen MR) is 114 cm³/mol. The molecule has 0 fully saturated rings. The number of amides is 1. The number of carbonyl (C=O) groups is 2. The number of thiazole rings is 1. The van der Waals surface area contributed by atoms with Gasteiger partial charge in [0.25, 0.3) is 5.91 Å². The van der Waals surface area contributed by atoms with E-state index in [4.69, 9.17) is 32.7 Å². The van der Waals surface area contributed by atoms with Crippen molar-refractivity contribution in [1.29, 1.82) is 0 Å². The number of benzene rings is 2. The van der Waals surface area contributed by atoms with Crippen molar-refractivity contribution < 1.29 is 19.1 Å². The van der Waals surface area contributed by atoms with Crippen LogP contribution in [0.1, 0.15) is 12.5 Å². The lowest BCUT2D eigenvalue weighted by atomic mass is 10.2.